The predicted octanol–water partition coefficient (Wildman–Crippen LogP) is 1.26. The number of hydrogen-bond donors (Lipinski definition) is 0. The predicted molar refractivity (Wildman–Crippen MR) is 45.3 cm³/mol. The fourth-order valence-corrected chi connectivity index (χ4v) is 1.15. The summed E-state index contributed by atoms with van der Waals surface area (Å²) < 4.78 is 3.40. The van der Waals surface area contributed by atoms with Gasteiger partial charge in [0.05, 0.1) is 23.6 Å². The van der Waals surface area contributed by atoms with Crippen LogP contribution in [0.5, 0.6) is 0 Å². The van der Waals surface area contributed by atoms with Gasteiger partial charge in [0.2, 0.25) is 0 Å². The summed E-state index contributed by atoms with van der Waals surface area (Å²) in [5, 5.41) is 8.68. The maximum absolute atomic E-state index is 5.72. The molecular formula is C7H7ClN4. The summed E-state index contributed by atoms with van der Waals surface area (Å²) in [6.07, 6.45) is 5.04. The molecule has 2 rings (SSSR count). The molecule has 0 bridgehead atoms. The minimum absolute atomic E-state index is 0.621. The van der Waals surface area contributed by atoms with Gasteiger partial charge in [-0.1, -0.05) is 11.6 Å². The van der Waals surface area contributed by atoms with E-state index in [1.807, 2.05) is 13.1 Å². The van der Waals surface area contributed by atoms with Crippen molar-refractivity contribution in [1.82, 2.24) is 19.6 Å². The summed E-state index contributed by atoms with van der Waals surface area (Å²) in [4.78, 5) is 0. The van der Waals surface area contributed by atoms with E-state index in [9.17, 15) is 0 Å². The fourth-order valence-electron chi connectivity index (χ4n) is 1.02. The molecule has 12 heavy (non-hydrogen) atoms. The van der Waals surface area contributed by atoms with Crippen molar-refractivity contribution in [3.8, 4) is 5.82 Å². The Morgan fingerprint density at radius 2 is 2.25 bits per heavy atom. The van der Waals surface area contributed by atoms with E-state index in [1.54, 1.807) is 28.0 Å². The third-order valence-corrected chi connectivity index (χ3v) is 1.78. The van der Waals surface area contributed by atoms with Crippen LogP contribution in [-0.2, 0) is 7.05 Å². The first-order valence-electron chi connectivity index (χ1n) is 3.46. The van der Waals surface area contributed by atoms with Crippen LogP contribution in [0.25, 0.3) is 5.82 Å². The van der Waals surface area contributed by atoms with Gasteiger partial charge in [0, 0.05) is 13.1 Å². The SMILES string of the molecule is Cn1nccc1-n1cc(Cl)cn1. The molecular weight excluding hydrogens is 176 g/mol. The zero-order valence-electron chi connectivity index (χ0n) is 6.48. The van der Waals surface area contributed by atoms with Crippen LogP contribution < -0.4 is 0 Å². The van der Waals surface area contributed by atoms with E-state index in [0.717, 1.165) is 5.82 Å². The first kappa shape index (κ1) is 7.36. The molecule has 0 aliphatic carbocycles. The van der Waals surface area contributed by atoms with Crippen molar-refractivity contribution in [2.75, 3.05) is 0 Å². The number of rotatable bonds is 1. The lowest BCUT2D eigenvalue weighted by Gasteiger charge is -1.99. The average Bonchev–Trinajstić information content (AvgIpc) is 2.58. The molecule has 2 aromatic rings. The van der Waals surface area contributed by atoms with Crippen LogP contribution in [0.4, 0.5) is 0 Å². The normalized spacial score (nSPS) is 10.5. The van der Waals surface area contributed by atoms with Crippen LogP contribution in [0.15, 0.2) is 24.7 Å². The Morgan fingerprint density at radius 1 is 1.42 bits per heavy atom. The Kier molecular flexibility index (Phi) is 1.62. The lowest BCUT2D eigenvalue weighted by molar-refractivity contribution is 0.699. The molecule has 0 aromatic carbocycles. The third-order valence-electron chi connectivity index (χ3n) is 1.58. The molecule has 0 saturated heterocycles. The number of halogens is 1. The van der Waals surface area contributed by atoms with Crippen molar-refractivity contribution < 1.29 is 0 Å². The Bertz CT molecular complexity index is 390. The summed E-state index contributed by atoms with van der Waals surface area (Å²) in [5.74, 6) is 0.891. The molecule has 5 heteroatoms. The smallest absolute Gasteiger partial charge is 0.151 e. The van der Waals surface area contributed by atoms with Gasteiger partial charge >= 0.3 is 0 Å². The van der Waals surface area contributed by atoms with Gasteiger partial charge in [-0.3, -0.25) is 4.68 Å². The van der Waals surface area contributed by atoms with E-state index >= 15 is 0 Å². The highest BCUT2D eigenvalue weighted by atomic mass is 35.5. The van der Waals surface area contributed by atoms with E-state index in [2.05, 4.69) is 10.2 Å². The summed E-state index contributed by atoms with van der Waals surface area (Å²) in [7, 11) is 1.85. The summed E-state index contributed by atoms with van der Waals surface area (Å²) >= 11 is 5.72. The minimum Gasteiger partial charge on any atom is -0.251 e. The van der Waals surface area contributed by atoms with Crippen LogP contribution in [0, 0.1) is 0 Å². The molecule has 4 nitrogen and oxygen atoms in total. The highest BCUT2D eigenvalue weighted by Crippen LogP contribution is 2.09. The first-order valence-corrected chi connectivity index (χ1v) is 3.84. The molecule has 2 aromatic heterocycles. The number of nitrogens with zero attached hydrogens (tertiary/aromatic N) is 4. The molecule has 0 saturated carbocycles. The molecule has 0 spiro atoms. The molecule has 0 aliphatic rings. The monoisotopic (exact) mass is 182 g/mol. The standard InChI is InChI=1S/C7H7ClN4/c1-11-7(2-3-9-11)12-5-6(8)4-10-12/h2-5H,1H3. The van der Waals surface area contributed by atoms with Crippen LogP contribution in [0.1, 0.15) is 0 Å². The third kappa shape index (κ3) is 1.10. The van der Waals surface area contributed by atoms with E-state index in [-0.39, 0.29) is 0 Å². The summed E-state index contributed by atoms with van der Waals surface area (Å²) in [6, 6.07) is 1.86. The molecule has 0 aliphatic heterocycles. The Hall–Kier alpha value is -1.29. The van der Waals surface area contributed by atoms with Crippen LogP contribution in [0.2, 0.25) is 5.02 Å². The van der Waals surface area contributed by atoms with Crippen LogP contribution in [-0.4, -0.2) is 19.6 Å². The summed E-state index contributed by atoms with van der Waals surface area (Å²) in [5.41, 5.74) is 0. The molecule has 0 unspecified atom stereocenters. The van der Waals surface area contributed by atoms with E-state index in [4.69, 9.17) is 11.6 Å². The quantitative estimate of drug-likeness (QED) is 0.666. The highest BCUT2D eigenvalue weighted by Gasteiger charge is 2.01. The van der Waals surface area contributed by atoms with Crippen molar-refractivity contribution >= 4 is 11.6 Å². The summed E-state index contributed by atoms with van der Waals surface area (Å²) in [6.45, 7) is 0. The number of hydrogen-bond acceptors (Lipinski definition) is 2. The average molecular weight is 183 g/mol. The van der Waals surface area contributed by atoms with Crippen molar-refractivity contribution in [2.45, 2.75) is 0 Å². The lowest BCUT2D eigenvalue weighted by atomic mass is 10.6. The second-order valence-electron chi connectivity index (χ2n) is 2.42. The Balaban J connectivity index is 2.50. The van der Waals surface area contributed by atoms with Gasteiger partial charge in [-0.2, -0.15) is 10.2 Å². The maximum atomic E-state index is 5.72. The zero-order valence-corrected chi connectivity index (χ0v) is 7.23. The number of aromatic nitrogens is 4. The second kappa shape index (κ2) is 2.64. The molecule has 62 valence electrons. The molecule has 0 radical (unpaired) electrons. The zero-order chi connectivity index (χ0) is 8.55. The van der Waals surface area contributed by atoms with Gasteiger partial charge in [0.1, 0.15) is 0 Å². The van der Waals surface area contributed by atoms with E-state index in [0.29, 0.717) is 5.02 Å². The van der Waals surface area contributed by atoms with Gasteiger partial charge in [0.15, 0.2) is 5.82 Å². The molecule has 0 atom stereocenters. The second-order valence-corrected chi connectivity index (χ2v) is 2.85. The van der Waals surface area contributed by atoms with Crippen molar-refractivity contribution in [3.05, 3.63) is 29.7 Å². The van der Waals surface area contributed by atoms with Gasteiger partial charge < -0.3 is 0 Å². The van der Waals surface area contributed by atoms with Crippen molar-refractivity contribution in [1.29, 1.82) is 0 Å². The Labute approximate surface area is 74.4 Å². The van der Waals surface area contributed by atoms with Crippen LogP contribution in [0.3, 0.4) is 0 Å². The van der Waals surface area contributed by atoms with Crippen molar-refractivity contribution in [2.24, 2.45) is 7.05 Å². The van der Waals surface area contributed by atoms with Gasteiger partial charge in [-0.25, -0.2) is 4.68 Å². The van der Waals surface area contributed by atoms with Gasteiger partial charge in [-0.15, -0.1) is 0 Å². The Morgan fingerprint density at radius 3 is 2.75 bits per heavy atom. The molecule has 0 amide bonds. The van der Waals surface area contributed by atoms with Gasteiger partial charge in [0.25, 0.3) is 0 Å². The topological polar surface area (TPSA) is 35.6 Å². The molecule has 2 heterocycles. The van der Waals surface area contributed by atoms with Gasteiger partial charge in [-0.05, 0) is 0 Å². The molecule has 0 N–H and O–H groups in total. The first-order chi connectivity index (χ1) is 5.77. The fraction of sp³-hybridized carbons (Fsp3) is 0.143. The van der Waals surface area contributed by atoms with Crippen LogP contribution >= 0.6 is 11.6 Å². The minimum atomic E-state index is 0.621. The highest BCUT2D eigenvalue weighted by molar-refractivity contribution is 6.30. The van der Waals surface area contributed by atoms with Crippen molar-refractivity contribution in [3.63, 3.8) is 0 Å². The van der Waals surface area contributed by atoms with E-state index in [1.165, 1.54) is 0 Å². The van der Waals surface area contributed by atoms with E-state index < -0.39 is 0 Å². The molecule has 0 fully saturated rings. The number of aryl methyl sites for hydroxylation is 1. The largest absolute Gasteiger partial charge is 0.251 e. The lowest BCUT2D eigenvalue weighted by Crippen LogP contribution is -2.02. The maximum Gasteiger partial charge on any atom is 0.151 e.